The van der Waals surface area contributed by atoms with E-state index in [1.807, 2.05) is 30.3 Å². The maximum Gasteiger partial charge on any atom is 0.130 e. The summed E-state index contributed by atoms with van der Waals surface area (Å²) in [6.45, 7) is 0. The number of aliphatic hydroxyl groups excluding tert-OH is 1. The molecule has 3 rings (SSSR count). The highest BCUT2D eigenvalue weighted by atomic mass is 79.9. The van der Waals surface area contributed by atoms with Gasteiger partial charge in [0.15, 0.2) is 0 Å². The fourth-order valence-electron chi connectivity index (χ4n) is 2.12. The Morgan fingerprint density at radius 1 is 1.10 bits per heavy atom. The summed E-state index contributed by atoms with van der Waals surface area (Å²) in [5, 5.41) is 18.3. The van der Waals surface area contributed by atoms with Crippen molar-refractivity contribution in [1.29, 1.82) is 0 Å². The number of para-hydroxylation sites is 1. The molecule has 1 N–H and O–H groups in total. The largest absolute Gasteiger partial charge is 0.382 e. The molecule has 1 unspecified atom stereocenters. The maximum atomic E-state index is 14.0. The van der Waals surface area contributed by atoms with Crippen LogP contribution in [0.15, 0.2) is 59.2 Å². The number of aromatic nitrogens is 3. The normalized spacial score (nSPS) is 12.3. The standard InChI is InChI=1S/C15H11BrFN3O/c16-11-7-4-8-12(17)14(11)15(21)13-9-18-19-20(13)10-5-2-1-3-6-10/h1-9,15,21H. The molecule has 0 aliphatic carbocycles. The molecule has 1 atom stereocenters. The smallest absolute Gasteiger partial charge is 0.130 e. The zero-order valence-corrected chi connectivity index (χ0v) is 12.4. The predicted octanol–water partition coefficient (Wildman–Crippen LogP) is 3.25. The van der Waals surface area contributed by atoms with Gasteiger partial charge in [0.2, 0.25) is 0 Å². The third-order valence-corrected chi connectivity index (χ3v) is 3.82. The number of rotatable bonds is 3. The minimum absolute atomic E-state index is 0.164. The molecule has 21 heavy (non-hydrogen) atoms. The van der Waals surface area contributed by atoms with Crippen LogP contribution in [0.5, 0.6) is 0 Å². The second kappa shape index (κ2) is 5.75. The van der Waals surface area contributed by atoms with Gasteiger partial charge in [0.05, 0.1) is 17.6 Å². The van der Waals surface area contributed by atoms with Gasteiger partial charge in [0.25, 0.3) is 0 Å². The van der Waals surface area contributed by atoms with Crippen LogP contribution in [-0.2, 0) is 0 Å². The van der Waals surface area contributed by atoms with E-state index in [4.69, 9.17) is 0 Å². The van der Waals surface area contributed by atoms with Gasteiger partial charge in [-0.25, -0.2) is 9.07 Å². The van der Waals surface area contributed by atoms with Gasteiger partial charge in [0, 0.05) is 10.0 Å². The molecule has 0 fully saturated rings. The van der Waals surface area contributed by atoms with Crippen molar-refractivity contribution in [2.45, 2.75) is 6.10 Å². The average molecular weight is 348 g/mol. The quantitative estimate of drug-likeness (QED) is 0.791. The molecule has 0 spiro atoms. The highest BCUT2D eigenvalue weighted by molar-refractivity contribution is 9.10. The van der Waals surface area contributed by atoms with Crippen LogP contribution in [-0.4, -0.2) is 20.1 Å². The van der Waals surface area contributed by atoms with E-state index in [0.717, 1.165) is 5.69 Å². The molecule has 3 aromatic rings. The van der Waals surface area contributed by atoms with Crippen LogP contribution in [0.2, 0.25) is 0 Å². The summed E-state index contributed by atoms with van der Waals surface area (Å²) in [7, 11) is 0. The monoisotopic (exact) mass is 347 g/mol. The van der Waals surface area contributed by atoms with Gasteiger partial charge in [-0.3, -0.25) is 0 Å². The van der Waals surface area contributed by atoms with Gasteiger partial charge >= 0.3 is 0 Å². The number of nitrogens with zero attached hydrogens (tertiary/aromatic N) is 3. The van der Waals surface area contributed by atoms with Crippen molar-refractivity contribution in [2.24, 2.45) is 0 Å². The number of hydrogen-bond acceptors (Lipinski definition) is 3. The van der Waals surface area contributed by atoms with Crippen molar-refractivity contribution in [1.82, 2.24) is 15.0 Å². The third-order valence-electron chi connectivity index (χ3n) is 3.13. The van der Waals surface area contributed by atoms with Crippen molar-refractivity contribution in [2.75, 3.05) is 0 Å². The molecule has 0 bridgehead atoms. The predicted molar refractivity (Wildman–Crippen MR) is 79.5 cm³/mol. The van der Waals surface area contributed by atoms with E-state index in [9.17, 15) is 9.50 Å². The minimum atomic E-state index is -1.17. The van der Waals surface area contributed by atoms with E-state index in [2.05, 4.69) is 26.2 Å². The number of benzene rings is 2. The van der Waals surface area contributed by atoms with Crippen LogP contribution >= 0.6 is 15.9 Å². The summed E-state index contributed by atoms with van der Waals surface area (Å²) >= 11 is 3.26. The number of aliphatic hydroxyl groups is 1. The highest BCUT2D eigenvalue weighted by Gasteiger charge is 2.22. The summed E-state index contributed by atoms with van der Waals surface area (Å²) in [6, 6.07) is 13.8. The Labute approximate surface area is 129 Å². The highest BCUT2D eigenvalue weighted by Crippen LogP contribution is 2.31. The first-order valence-electron chi connectivity index (χ1n) is 6.26. The molecule has 106 valence electrons. The van der Waals surface area contributed by atoms with Crippen LogP contribution in [0, 0.1) is 5.82 Å². The van der Waals surface area contributed by atoms with Crippen LogP contribution in [0.4, 0.5) is 4.39 Å². The van der Waals surface area contributed by atoms with Gasteiger partial charge in [-0.15, -0.1) is 5.10 Å². The molecule has 0 amide bonds. The Hall–Kier alpha value is -2.05. The Balaban J connectivity index is 2.08. The lowest BCUT2D eigenvalue weighted by molar-refractivity contribution is 0.206. The van der Waals surface area contributed by atoms with Gasteiger partial charge in [-0.1, -0.05) is 45.4 Å². The molecule has 0 radical (unpaired) electrons. The van der Waals surface area contributed by atoms with Crippen LogP contribution in [0.1, 0.15) is 17.4 Å². The molecule has 2 aromatic carbocycles. The van der Waals surface area contributed by atoms with Crippen molar-refractivity contribution >= 4 is 15.9 Å². The van der Waals surface area contributed by atoms with Gasteiger partial charge in [-0.2, -0.15) is 0 Å². The summed E-state index contributed by atoms with van der Waals surface area (Å²) < 4.78 is 16.0. The van der Waals surface area contributed by atoms with Crippen LogP contribution in [0.25, 0.3) is 5.69 Å². The molecule has 6 heteroatoms. The molecular weight excluding hydrogens is 337 g/mol. The molecule has 1 heterocycles. The summed E-state index contributed by atoms with van der Waals surface area (Å²) in [6.07, 6.45) is 0.257. The van der Waals surface area contributed by atoms with E-state index in [-0.39, 0.29) is 5.56 Å². The molecule has 0 saturated heterocycles. The van der Waals surface area contributed by atoms with Gasteiger partial charge < -0.3 is 5.11 Å². The lowest BCUT2D eigenvalue weighted by atomic mass is 10.1. The summed E-state index contributed by atoms with van der Waals surface area (Å²) in [4.78, 5) is 0. The number of halogens is 2. The van der Waals surface area contributed by atoms with Gasteiger partial charge in [0.1, 0.15) is 11.9 Å². The first kappa shape index (κ1) is 13.9. The van der Waals surface area contributed by atoms with Crippen molar-refractivity contribution in [3.63, 3.8) is 0 Å². The summed E-state index contributed by atoms with van der Waals surface area (Å²) in [5.74, 6) is -0.488. The van der Waals surface area contributed by atoms with Crippen LogP contribution in [0.3, 0.4) is 0 Å². The molecule has 0 saturated carbocycles. The average Bonchev–Trinajstić information content (AvgIpc) is 2.97. The Bertz CT molecular complexity index is 740. The SMILES string of the molecule is OC(c1c(F)cccc1Br)c1cnnn1-c1ccccc1. The zero-order valence-electron chi connectivity index (χ0n) is 10.8. The maximum absolute atomic E-state index is 14.0. The van der Waals surface area contributed by atoms with Crippen molar-refractivity contribution in [3.8, 4) is 5.69 Å². The fourth-order valence-corrected chi connectivity index (χ4v) is 2.68. The van der Waals surface area contributed by atoms with Gasteiger partial charge in [-0.05, 0) is 24.3 Å². The van der Waals surface area contributed by atoms with E-state index in [1.165, 1.54) is 16.9 Å². The lowest BCUT2D eigenvalue weighted by Crippen LogP contribution is -2.10. The second-order valence-corrected chi connectivity index (χ2v) is 5.30. The molecule has 0 aliphatic rings. The first-order chi connectivity index (χ1) is 10.2. The van der Waals surface area contributed by atoms with E-state index in [0.29, 0.717) is 10.2 Å². The fraction of sp³-hybridized carbons (Fsp3) is 0.0667. The molecule has 1 aromatic heterocycles. The lowest BCUT2D eigenvalue weighted by Gasteiger charge is -2.15. The van der Waals surface area contributed by atoms with Crippen LogP contribution < -0.4 is 0 Å². The van der Waals surface area contributed by atoms with Crippen molar-refractivity contribution in [3.05, 3.63) is 76.3 Å². The number of hydrogen-bond donors (Lipinski definition) is 1. The Kier molecular flexibility index (Phi) is 3.81. The topological polar surface area (TPSA) is 50.9 Å². The zero-order chi connectivity index (χ0) is 14.8. The second-order valence-electron chi connectivity index (χ2n) is 4.44. The summed E-state index contributed by atoms with van der Waals surface area (Å²) in [5.41, 5.74) is 1.31. The minimum Gasteiger partial charge on any atom is -0.382 e. The third kappa shape index (κ3) is 2.59. The molecule has 4 nitrogen and oxygen atoms in total. The van der Waals surface area contributed by atoms with E-state index >= 15 is 0 Å². The first-order valence-corrected chi connectivity index (χ1v) is 7.06. The van der Waals surface area contributed by atoms with E-state index in [1.54, 1.807) is 12.1 Å². The van der Waals surface area contributed by atoms with E-state index < -0.39 is 11.9 Å². The molecular formula is C15H11BrFN3O. The Morgan fingerprint density at radius 3 is 2.57 bits per heavy atom. The Morgan fingerprint density at radius 2 is 1.86 bits per heavy atom. The van der Waals surface area contributed by atoms with Crippen molar-refractivity contribution < 1.29 is 9.50 Å². The molecule has 0 aliphatic heterocycles.